The van der Waals surface area contributed by atoms with Crippen LogP contribution in [0.2, 0.25) is 0 Å². The molecular formula is C16H27FN2. The molecule has 0 spiro atoms. The molecule has 1 aromatic rings. The second-order valence-corrected chi connectivity index (χ2v) is 5.90. The normalized spacial score (nSPS) is 16.4. The summed E-state index contributed by atoms with van der Waals surface area (Å²) in [5.41, 5.74) is 6.85. The number of nitrogens with zero attached hydrogens (tertiary/aromatic N) is 1. The van der Waals surface area contributed by atoms with Crippen LogP contribution in [0.15, 0.2) is 24.3 Å². The van der Waals surface area contributed by atoms with Gasteiger partial charge in [-0.3, -0.25) is 4.90 Å². The summed E-state index contributed by atoms with van der Waals surface area (Å²) in [6, 6.07) is 6.81. The van der Waals surface area contributed by atoms with Crippen LogP contribution in [0.1, 0.15) is 32.8 Å². The zero-order chi connectivity index (χ0) is 14.5. The highest BCUT2D eigenvalue weighted by Gasteiger charge is 2.28. The molecule has 0 radical (unpaired) electrons. The number of hydrogen-bond acceptors (Lipinski definition) is 2. The molecule has 2 N–H and O–H groups in total. The summed E-state index contributed by atoms with van der Waals surface area (Å²) in [4.78, 5) is 2.31. The van der Waals surface area contributed by atoms with Crippen molar-refractivity contribution in [3.63, 3.8) is 0 Å². The van der Waals surface area contributed by atoms with Gasteiger partial charge in [0.25, 0.3) is 0 Å². The number of benzene rings is 1. The lowest BCUT2D eigenvalue weighted by molar-refractivity contribution is 0.124. The Labute approximate surface area is 116 Å². The second kappa shape index (κ2) is 7.01. The van der Waals surface area contributed by atoms with E-state index in [1.165, 1.54) is 6.07 Å². The van der Waals surface area contributed by atoms with Gasteiger partial charge in [-0.05, 0) is 44.0 Å². The number of rotatable bonds is 7. The molecule has 0 heterocycles. The highest BCUT2D eigenvalue weighted by Crippen LogP contribution is 2.21. The van der Waals surface area contributed by atoms with Crippen LogP contribution in [-0.4, -0.2) is 30.6 Å². The second-order valence-electron chi connectivity index (χ2n) is 5.90. The highest BCUT2D eigenvalue weighted by atomic mass is 19.1. The molecule has 0 amide bonds. The van der Waals surface area contributed by atoms with Crippen molar-refractivity contribution >= 4 is 0 Å². The van der Waals surface area contributed by atoms with E-state index in [1.54, 1.807) is 12.1 Å². The molecule has 108 valence electrons. The van der Waals surface area contributed by atoms with Crippen LogP contribution in [-0.2, 0) is 6.42 Å². The van der Waals surface area contributed by atoms with Gasteiger partial charge in [0.05, 0.1) is 0 Å². The highest BCUT2D eigenvalue weighted by molar-refractivity contribution is 5.19. The maximum absolute atomic E-state index is 13.3. The maximum atomic E-state index is 13.3. The van der Waals surface area contributed by atoms with Crippen molar-refractivity contribution in [1.29, 1.82) is 0 Å². The van der Waals surface area contributed by atoms with Crippen LogP contribution >= 0.6 is 0 Å². The van der Waals surface area contributed by atoms with E-state index in [1.807, 2.05) is 6.07 Å². The van der Waals surface area contributed by atoms with E-state index in [0.29, 0.717) is 12.5 Å². The van der Waals surface area contributed by atoms with E-state index in [-0.39, 0.29) is 11.4 Å². The molecule has 0 aliphatic rings. The van der Waals surface area contributed by atoms with Crippen LogP contribution in [0.5, 0.6) is 0 Å². The summed E-state index contributed by atoms with van der Waals surface area (Å²) < 4.78 is 13.3. The predicted octanol–water partition coefficient (Wildman–Crippen LogP) is 3.06. The van der Waals surface area contributed by atoms with Crippen LogP contribution in [0, 0.1) is 11.7 Å². The minimum absolute atomic E-state index is 0.128. The molecule has 0 bridgehead atoms. The van der Waals surface area contributed by atoms with Gasteiger partial charge in [-0.2, -0.15) is 0 Å². The zero-order valence-corrected chi connectivity index (χ0v) is 12.6. The third-order valence-electron chi connectivity index (χ3n) is 4.12. The molecule has 1 aromatic carbocycles. The van der Waals surface area contributed by atoms with Gasteiger partial charge >= 0.3 is 0 Å². The van der Waals surface area contributed by atoms with Crippen molar-refractivity contribution in [2.45, 2.75) is 39.2 Å². The molecule has 2 atom stereocenters. The third-order valence-corrected chi connectivity index (χ3v) is 4.12. The van der Waals surface area contributed by atoms with Crippen molar-refractivity contribution in [1.82, 2.24) is 4.90 Å². The van der Waals surface area contributed by atoms with E-state index in [4.69, 9.17) is 5.73 Å². The Kier molecular flexibility index (Phi) is 5.95. The number of halogens is 1. The molecule has 2 nitrogen and oxygen atoms in total. The number of nitrogens with two attached hydrogens (primary N) is 1. The van der Waals surface area contributed by atoms with Crippen molar-refractivity contribution in [2.75, 3.05) is 20.1 Å². The number of likely N-dealkylation sites (N-methyl/N-ethyl adjacent to an activating group) is 1. The van der Waals surface area contributed by atoms with Gasteiger partial charge in [0.15, 0.2) is 0 Å². The SMILES string of the molecule is CCC(C)CN(C)C(C)(CN)Cc1cccc(F)c1. The van der Waals surface area contributed by atoms with Gasteiger partial charge < -0.3 is 5.73 Å². The largest absolute Gasteiger partial charge is 0.329 e. The summed E-state index contributed by atoms with van der Waals surface area (Å²) in [6.07, 6.45) is 1.93. The Bertz CT molecular complexity index is 394. The molecule has 0 saturated heterocycles. The number of hydrogen-bond donors (Lipinski definition) is 1. The lowest BCUT2D eigenvalue weighted by atomic mass is 9.90. The fourth-order valence-corrected chi connectivity index (χ4v) is 2.27. The monoisotopic (exact) mass is 266 g/mol. The first-order valence-electron chi connectivity index (χ1n) is 7.07. The summed E-state index contributed by atoms with van der Waals surface area (Å²) in [6.45, 7) is 8.18. The molecule has 0 aromatic heterocycles. The van der Waals surface area contributed by atoms with Crippen LogP contribution in [0.4, 0.5) is 4.39 Å². The van der Waals surface area contributed by atoms with Gasteiger partial charge in [0.1, 0.15) is 5.82 Å². The zero-order valence-electron chi connectivity index (χ0n) is 12.6. The first-order chi connectivity index (χ1) is 8.91. The van der Waals surface area contributed by atoms with E-state index in [0.717, 1.165) is 24.9 Å². The standard InChI is InChI=1S/C16H27FN2/c1-5-13(2)11-19(4)16(3,12-18)10-14-7-6-8-15(17)9-14/h6-9,13H,5,10-12,18H2,1-4H3. The van der Waals surface area contributed by atoms with Gasteiger partial charge in [-0.25, -0.2) is 4.39 Å². The quantitative estimate of drug-likeness (QED) is 0.822. The molecule has 3 heteroatoms. The fourth-order valence-electron chi connectivity index (χ4n) is 2.27. The first kappa shape index (κ1) is 16.1. The average molecular weight is 266 g/mol. The summed E-state index contributed by atoms with van der Waals surface area (Å²) >= 11 is 0. The molecule has 1 rings (SSSR count). The Morgan fingerprint density at radius 1 is 1.42 bits per heavy atom. The van der Waals surface area contributed by atoms with Crippen molar-refractivity contribution in [3.05, 3.63) is 35.6 Å². The lowest BCUT2D eigenvalue weighted by Crippen LogP contribution is -2.52. The minimum Gasteiger partial charge on any atom is -0.329 e. The van der Waals surface area contributed by atoms with Gasteiger partial charge in [0.2, 0.25) is 0 Å². The molecule has 0 aliphatic heterocycles. The topological polar surface area (TPSA) is 29.3 Å². The van der Waals surface area contributed by atoms with Gasteiger partial charge in [-0.15, -0.1) is 0 Å². The summed E-state index contributed by atoms with van der Waals surface area (Å²) in [5, 5.41) is 0. The van der Waals surface area contributed by atoms with Crippen LogP contribution < -0.4 is 5.73 Å². The maximum Gasteiger partial charge on any atom is 0.123 e. The smallest absolute Gasteiger partial charge is 0.123 e. The van der Waals surface area contributed by atoms with Crippen LogP contribution in [0.3, 0.4) is 0 Å². The Morgan fingerprint density at radius 2 is 2.11 bits per heavy atom. The summed E-state index contributed by atoms with van der Waals surface area (Å²) in [5.74, 6) is 0.463. The van der Waals surface area contributed by atoms with Crippen LogP contribution in [0.25, 0.3) is 0 Å². The minimum atomic E-state index is -0.179. The first-order valence-corrected chi connectivity index (χ1v) is 7.07. The van der Waals surface area contributed by atoms with E-state index < -0.39 is 0 Å². The molecule has 19 heavy (non-hydrogen) atoms. The van der Waals surface area contributed by atoms with Crippen molar-refractivity contribution < 1.29 is 4.39 Å². The lowest BCUT2D eigenvalue weighted by Gasteiger charge is -2.39. The molecule has 0 fully saturated rings. The van der Waals surface area contributed by atoms with E-state index >= 15 is 0 Å². The van der Waals surface area contributed by atoms with Gasteiger partial charge in [0, 0.05) is 18.6 Å². The van der Waals surface area contributed by atoms with Crippen molar-refractivity contribution in [3.8, 4) is 0 Å². The molecule has 2 unspecified atom stereocenters. The molecule has 0 saturated carbocycles. The fraction of sp³-hybridized carbons (Fsp3) is 0.625. The van der Waals surface area contributed by atoms with Gasteiger partial charge in [-0.1, -0.05) is 32.4 Å². The Balaban J connectivity index is 2.79. The third kappa shape index (κ3) is 4.59. The Morgan fingerprint density at radius 3 is 2.63 bits per heavy atom. The average Bonchev–Trinajstić information content (AvgIpc) is 2.38. The van der Waals surface area contributed by atoms with Crippen molar-refractivity contribution in [2.24, 2.45) is 11.7 Å². The summed E-state index contributed by atoms with van der Waals surface area (Å²) in [7, 11) is 2.11. The van der Waals surface area contributed by atoms with E-state index in [2.05, 4.69) is 32.7 Å². The predicted molar refractivity (Wildman–Crippen MR) is 79.6 cm³/mol. The van der Waals surface area contributed by atoms with E-state index in [9.17, 15) is 4.39 Å². The molecular weight excluding hydrogens is 239 g/mol. The molecule has 0 aliphatic carbocycles. The Hall–Kier alpha value is -0.930.